The summed E-state index contributed by atoms with van der Waals surface area (Å²) in [7, 11) is 0. The van der Waals surface area contributed by atoms with E-state index in [0.29, 0.717) is 26.1 Å². The van der Waals surface area contributed by atoms with E-state index >= 15 is 0 Å². The summed E-state index contributed by atoms with van der Waals surface area (Å²) in [6.07, 6.45) is 1.78. The topological polar surface area (TPSA) is 119 Å². The lowest BCUT2D eigenvalue weighted by Gasteiger charge is -2.15. The van der Waals surface area contributed by atoms with Crippen molar-refractivity contribution in [1.29, 1.82) is 0 Å². The zero-order valence-electron chi connectivity index (χ0n) is 20.1. The Bertz CT molecular complexity index is 914. The molecule has 0 radical (unpaired) electrons. The van der Waals surface area contributed by atoms with E-state index in [1.165, 1.54) is 6.92 Å². The van der Waals surface area contributed by atoms with Crippen molar-refractivity contribution in [2.45, 2.75) is 51.6 Å². The second-order valence-corrected chi connectivity index (χ2v) is 8.24. The molecule has 0 aromatic heterocycles. The van der Waals surface area contributed by atoms with E-state index in [-0.39, 0.29) is 19.4 Å². The number of benzene rings is 2. The number of rotatable bonds is 18. The Morgan fingerprint density at radius 3 is 2.06 bits per heavy atom. The molecule has 0 aliphatic heterocycles. The standard InChI is InChI=1S/C27H34O8/c1-20(28)24(26(29)30)14-15-25(27(31)32)35-18-8-10-21-9-7-13-23(19-21)34-17-6-5-16-33-22-11-3-2-4-12-22/h2-4,7,9,11-13,19,24-25H,5-6,8,10,14-18H2,1H3,(H,29,30)(H,31,32). The molecule has 2 atom stereocenters. The summed E-state index contributed by atoms with van der Waals surface area (Å²) in [6.45, 7) is 2.62. The first kappa shape index (κ1) is 27.9. The van der Waals surface area contributed by atoms with Gasteiger partial charge in [0.05, 0.1) is 13.2 Å². The van der Waals surface area contributed by atoms with Gasteiger partial charge in [-0.25, -0.2) is 4.79 Å². The Hall–Kier alpha value is -3.39. The first-order chi connectivity index (χ1) is 16.9. The number of hydrogen-bond acceptors (Lipinski definition) is 6. The van der Waals surface area contributed by atoms with Crippen LogP contribution >= 0.6 is 0 Å². The third kappa shape index (κ3) is 11.1. The molecule has 0 bridgehead atoms. The van der Waals surface area contributed by atoms with E-state index in [2.05, 4.69) is 0 Å². The predicted octanol–water partition coefficient (Wildman–Crippen LogP) is 4.40. The largest absolute Gasteiger partial charge is 0.494 e. The van der Waals surface area contributed by atoms with Crippen molar-refractivity contribution in [2.24, 2.45) is 5.92 Å². The molecular formula is C27H34O8. The molecule has 2 aromatic carbocycles. The lowest BCUT2D eigenvalue weighted by atomic mass is 9.97. The third-order valence-corrected chi connectivity index (χ3v) is 5.43. The van der Waals surface area contributed by atoms with Gasteiger partial charge in [0.15, 0.2) is 6.10 Å². The zero-order chi connectivity index (χ0) is 25.5. The predicted molar refractivity (Wildman–Crippen MR) is 130 cm³/mol. The maximum atomic E-state index is 11.4. The lowest BCUT2D eigenvalue weighted by molar-refractivity contribution is -0.153. The highest BCUT2D eigenvalue weighted by molar-refractivity contribution is 5.96. The highest BCUT2D eigenvalue weighted by Gasteiger charge is 2.26. The van der Waals surface area contributed by atoms with Crippen molar-refractivity contribution in [1.82, 2.24) is 0 Å². The summed E-state index contributed by atoms with van der Waals surface area (Å²) in [4.78, 5) is 33.9. The molecule has 0 heterocycles. The van der Waals surface area contributed by atoms with Crippen LogP contribution in [0.15, 0.2) is 54.6 Å². The first-order valence-corrected chi connectivity index (χ1v) is 11.8. The highest BCUT2D eigenvalue weighted by Crippen LogP contribution is 2.17. The van der Waals surface area contributed by atoms with Gasteiger partial charge in [0.2, 0.25) is 0 Å². The molecule has 0 aliphatic rings. The monoisotopic (exact) mass is 486 g/mol. The van der Waals surface area contributed by atoms with Crippen LogP contribution in [0.5, 0.6) is 11.5 Å². The number of hydrogen-bond donors (Lipinski definition) is 2. The fraction of sp³-hybridized carbons (Fsp3) is 0.444. The van der Waals surface area contributed by atoms with Gasteiger partial charge in [-0.05, 0) is 75.3 Å². The van der Waals surface area contributed by atoms with Crippen LogP contribution < -0.4 is 9.47 Å². The number of ether oxygens (including phenoxy) is 3. The zero-order valence-corrected chi connectivity index (χ0v) is 20.1. The molecule has 2 unspecified atom stereocenters. The van der Waals surface area contributed by atoms with Crippen LogP contribution in [0.3, 0.4) is 0 Å². The summed E-state index contributed by atoms with van der Waals surface area (Å²) < 4.78 is 16.9. The van der Waals surface area contributed by atoms with E-state index < -0.39 is 29.7 Å². The molecule has 2 aromatic rings. The van der Waals surface area contributed by atoms with Gasteiger partial charge < -0.3 is 24.4 Å². The maximum absolute atomic E-state index is 11.4. The molecule has 35 heavy (non-hydrogen) atoms. The number of aliphatic carboxylic acids is 2. The Morgan fingerprint density at radius 1 is 0.771 bits per heavy atom. The van der Waals surface area contributed by atoms with Gasteiger partial charge in [0, 0.05) is 6.61 Å². The summed E-state index contributed by atoms with van der Waals surface area (Å²) in [5.74, 6) is -2.48. The number of carboxylic acid groups (broad SMARTS) is 2. The van der Waals surface area contributed by atoms with Crippen molar-refractivity contribution in [3.63, 3.8) is 0 Å². The Labute approximate surface area is 205 Å². The van der Waals surface area contributed by atoms with Gasteiger partial charge >= 0.3 is 11.9 Å². The minimum Gasteiger partial charge on any atom is -0.494 e. The summed E-state index contributed by atoms with van der Waals surface area (Å²) >= 11 is 0. The number of carbonyl (C=O) groups excluding carboxylic acids is 1. The van der Waals surface area contributed by atoms with Gasteiger partial charge in [-0.2, -0.15) is 0 Å². The summed E-state index contributed by atoms with van der Waals surface area (Å²) in [6, 6.07) is 17.4. The Kier molecular flexibility index (Phi) is 12.3. The van der Waals surface area contributed by atoms with Crippen LogP contribution in [0.1, 0.15) is 44.6 Å². The molecule has 8 heteroatoms. The van der Waals surface area contributed by atoms with Crippen LogP contribution in [-0.4, -0.2) is 53.9 Å². The number of carbonyl (C=O) groups is 3. The van der Waals surface area contributed by atoms with Gasteiger partial charge in [-0.1, -0.05) is 30.3 Å². The molecule has 2 N–H and O–H groups in total. The number of aryl methyl sites for hydroxylation is 1. The molecule has 0 fully saturated rings. The minimum absolute atomic E-state index is 0.0361. The molecule has 0 aliphatic carbocycles. The molecule has 8 nitrogen and oxygen atoms in total. The first-order valence-electron chi connectivity index (χ1n) is 11.8. The second-order valence-electron chi connectivity index (χ2n) is 8.24. The van der Waals surface area contributed by atoms with Gasteiger partial charge in [0.1, 0.15) is 23.2 Å². The lowest BCUT2D eigenvalue weighted by Crippen LogP contribution is -2.28. The van der Waals surface area contributed by atoms with Crippen molar-refractivity contribution in [2.75, 3.05) is 19.8 Å². The van der Waals surface area contributed by atoms with Crippen LogP contribution in [0.25, 0.3) is 0 Å². The van der Waals surface area contributed by atoms with Crippen molar-refractivity contribution >= 4 is 17.7 Å². The average Bonchev–Trinajstić information content (AvgIpc) is 2.83. The van der Waals surface area contributed by atoms with Crippen molar-refractivity contribution < 1.29 is 38.8 Å². The Morgan fingerprint density at radius 2 is 1.43 bits per heavy atom. The van der Waals surface area contributed by atoms with E-state index in [1.807, 2.05) is 54.6 Å². The number of carboxylic acids is 2. The van der Waals surface area contributed by atoms with Crippen LogP contribution in [0.4, 0.5) is 0 Å². The summed E-state index contributed by atoms with van der Waals surface area (Å²) in [5.41, 5.74) is 1.05. The molecule has 0 saturated heterocycles. The highest BCUT2D eigenvalue weighted by atomic mass is 16.5. The van der Waals surface area contributed by atoms with Gasteiger partial charge in [-0.15, -0.1) is 0 Å². The smallest absolute Gasteiger partial charge is 0.332 e. The number of Topliss-reactive ketones (excluding diaryl/α,β-unsaturated/α-hetero) is 1. The average molecular weight is 487 g/mol. The molecular weight excluding hydrogens is 452 g/mol. The van der Waals surface area contributed by atoms with Crippen LogP contribution in [0.2, 0.25) is 0 Å². The van der Waals surface area contributed by atoms with E-state index in [4.69, 9.17) is 19.3 Å². The van der Waals surface area contributed by atoms with E-state index in [9.17, 15) is 19.5 Å². The fourth-order valence-electron chi connectivity index (χ4n) is 3.49. The molecule has 0 amide bonds. The number of para-hydroxylation sites is 1. The minimum atomic E-state index is -1.25. The molecule has 0 spiro atoms. The van der Waals surface area contributed by atoms with Crippen LogP contribution in [0, 0.1) is 5.92 Å². The van der Waals surface area contributed by atoms with Crippen molar-refractivity contribution in [3.8, 4) is 11.5 Å². The number of ketones is 1. The molecule has 0 saturated carbocycles. The second kappa shape index (κ2) is 15.5. The van der Waals surface area contributed by atoms with Gasteiger partial charge in [0.25, 0.3) is 0 Å². The number of unbranched alkanes of at least 4 members (excludes halogenated alkanes) is 1. The Balaban J connectivity index is 1.65. The van der Waals surface area contributed by atoms with Crippen LogP contribution in [-0.2, 0) is 25.5 Å². The van der Waals surface area contributed by atoms with E-state index in [1.54, 1.807) is 0 Å². The molecule has 190 valence electrons. The van der Waals surface area contributed by atoms with E-state index in [0.717, 1.165) is 29.9 Å². The maximum Gasteiger partial charge on any atom is 0.332 e. The van der Waals surface area contributed by atoms with Crippen molar-refractivity contribution in [3.05, 3.63) is 60.2 Å². The third-order valence-electron chi connectivity index (χ3n) is 5.43. The summed E-state index contributed by atoms with van der Waals surface area (Å²) in [5, 5.41) is 18.4. The SMILES string of the molecule is CC(=O)C(CCC(OCCCc1cccc(OCCCCOc2ccccc2)c1)C(=O)O)C(=O)O. The fourth-order valence-corrected chi connectivity index (χ4v) is 3.49. The molecule has 2 rings (SSSR count). The quantitative estimate of drug-likeness (QED) is 0.235. The van der Waals surface area contributed by atoms with Gasteiger partial charge in [-0.3, -0.25) is 9.59 Å². The normalized spacial score (nSPS) is 12.5.